The molecule has 314 valence electrons. The average Bonchev–Trinajstić information content (AvgIpc) is 4.20. The van der Waals surface area contributed by atoms with Crippen molar-refractivity contribution in [3.63, 3.8) is 0 Å². The highest BCUT2D eigenvalue weighted by Crippen LogP contribution is 2.39. The number of ether oxygens (including phenoxy) is 4. The van der Waals surface area contributed by atoms with Gasteiger partial charge in [-0.2, -0.15) is 0 Å². The van der Waals surface area contributed by atoms with Crippen molar-refractivity contribution >= 4 is 70.4 Å². The van der Waals surface area contributed by atoms with Gasteiger partial charge in [0.1, 0.15) is 11.2 Å². The Bertz CT molecular complexity index is 2820. The minimum atomic E-state index is -0.469. The maximum absolute atomic E-state index is 12.5. The SMILES string of the molecule is COC(=O)c1ccc(-c2c3nc(c(-c4ccc(C(=O)OC)cc4)c4ccc(o4)c(-c4ccc(C(=O)OC)cc4)c4nc(c(-c5ccc(C(=O)OC)cc5)c5ccc2[nH]5)C=C4)C=C3)cc1. The van der Waals surface area contributed by atoms with Crippen LogP contribution in [0.1, 0.15) is 64.2 Å². The summed E-state index contributed by atoms with van der Waals surface area (Å²) in [4.78, 5) is 64.1. The number of H-pyrrole nitrogens is 1. The van der Waals surface area contributed by atoms with Gasteiger partial charge < -0.3 is 28.3 Å². The zero-order valence-electron chi connectivity index (χ0n) is 34.9. The van der Waals surface area contributed by atoms with Crippen molar-refractivity contribution < 1.29 is 42.5 Å². The van der Waals surface area contributed by atoms with Gasteiger partial charge >= 0.3 is 23.9 Å². The molecule has 3 aromatic heterocycles. The third kappa shape index (κ3) is 7.53. The highest BCUT2D eigenvalue weighted by atomic mass is 16.5. The van der Waals surface area contributed by atoms with Crippen LogP contribution in [-0.4, -0.2) is 67.3 Å². The molecule has 0 saturated heterocycles. The number of hydrogen-bond donors (Lipinski definition) is 1. The second-order valence-corrected chi connectivity index (χ2v) is 14.7. The number of methoxy groups -OCH3 is 4. The van der Waals surface area contributed by atoms with Crippen LogP contribution in [0.2, 0.25) is 0 Å². The fraction of sp³-hybridized carbons (Fsp3) is 0.0769. The first-order valence-electron chi connectivity index (χ1n) is 20.0. The van der Waals surface area contributed by atoms with Gasteiger partial charge in [-0.15, -0.1) is 0 Å². The Morgan fingerprint density at radius 3 is 0.922 bits per heavy atom. The minimum Gasteiger partial charge on any atom is -0.465 e. The van der Waals surface area contributed by atoms with Crippen molar-refractivity contribution in [2.45, 2.75) is 0 Å². The second-order valence-electron chi connectivity index (χ2n) is 14.7. The van der Waals surface area contributed by atoms with Crippen LogP contribution in [0.5, 0.6) is 0 Å². The highest BCUT2D eigenvalue weighted by Gasteiger charge is 2.21. The average molecular weight is 848 g/mol. The summed E-state index contributed by atoms with van der Waals surface area (Å²) >= 11 is 0. The molecule has 12 nitrogen and oxygen atoms in total. The number of hydrogen-bond acceptors (Lipinski definition) is 11. The molecule has 0 aliphatic carbocycles. The summed E-state index contributed by atoms with van der Waals surface area (Å²) in [5.41, 5.74) is 12.1. The summed E-state index contributed by atoms with van der Waals surface area (Å²) in [6.07, 6.45) is 7.66. The first-order valence-corrected chi connectivity index (χ1v) is 20.0. The number of nitrogens with one attached hydrogen (secondary N) is 1. The van der Waals surface area contributed by atoms with Crippen molar-refractivity contribution in [3.8, 4) is 44.5 Å². The van der Waals surface area contributed by atoms with Crippen LogP contribution in [0.3, 0.4) is 0 Å². The van der Waals surface area contributed by atoms with Gasteiger partial charge in [-0.3, -0.25) is 0 Å². The molecule has 12 heteroatoms. The Labute approximate surface area is 366 Å². The van der Waals surface area contributed by atoms with Gasteiger partial charge in [0.2, 0.25) is 0 Å². The van der Waals surface area contributed by atoms with E-state index < -0.39 is 23.9 Å². The molecule has 8 bridgehead atoms. The van der Waals surface area contributed by atoms with Gasteiger partial charge in [0.15, 0.2) is 0 Å². The number of fused-ring (bicyclic) bond motifs is 8. The molecule has 2 aliphatic rings. The lowest BCUT2D eigenvalue weighted by molar-refractivity contribution is 0.0592. The van der Waals surface area contributed by atoms with Gasteiger partial charge in [0.05, 0.1) is 84.6 Å². The van der Waals surface area contributed by atoms with E-state index in [2.05, 4.69) is 4.98 Å². The Hall–Kier alpha value is -8.64. The monoisotopic (exact) mass is 847 g/mol. The van der Waals surface area contributed by atoms with Crippen LogP contribution in [0.15, 0.2) is 126 Å². The quantitative estimate of drug-likeness (QED) is 0.114. The third-order valence-electron chi connectivity index (χ3n) is 11.0. The van der Waals surface area contributed by atoms with Gasteiger partial charge in [-0.25, -0.2) is 29.1 Å². The number of carbonyl (C=O) groups is 4. The number of rotatable bonds is 8. The first kappa shape index (κ1) is 40.7. The van der Waals surface area contributed by atoms with E-state index in [1.807, 2.05) is 97.1 Å². The molecular formula is C52H37N3O9. The molecule has 9 rings (SSSR count). The summed E-state index contributed by atoms with van der Waals surface area (Å²) in [5.74, 6) is -1.86. The van der Waals surface area contributed by atoms with Crippen LogP contribution < -0.4 is 0 Å². The van der Waals surface area contributed by atoms with E-state index in [0.717, 1.165) is 44.4 Å². The molecule has 2 aliphatic heterocycles. The summed E-state index contributed by atoms with van der Waals surface area (Å²) < 4.78 is 26.8. The molecule has 0 atom stereocenters. The molecule has 5 heterocycles. The normalized spacial score (nSPS) is 11.6. The Morgan fingerprint density at radius 2 is 0.641 bits per heavy atom. The molecule has 0 fully saturated rings. The van der Waals surface area contributed by atoms with Crippen LogP contribution in [0, 0.1) is 0 Å². The van der Waals surface area contributed by atoms with E-state index in [1.54, 1.807) is 48.5 Å². The Balaban J connectivity index is 1.40. The van der Waals surface area contributed by atoms with Crippen LogP contribution in [-0.2, 0) is 18.9 Å². The van der Waals surface area contributed by atoms with E-state index in [-0.39, 0.29) is 0 Å². The first-order chi connectivity index (χ1) is 31.2. The molecule has 0 unspecified atom stereocenters. The maximum atomic E-state index is 12.5. The molecule has 0 radical (unpaired) electrons. The Morgan fingerprint density at radius 1 is 0.375 bits per heavy atom. The number of aromatic nitrogens is 3. The minimum absolute atomic E-state index is 0.379. The fourth-order valence-electron chi connectivity index (χ4n) is 7.85. The number of nitrogens with zero attached hydrogens (tertiary/aromatic N) is 2. The predicted molar refractivity (Wildman–Crippen MR) is 244 cm³/mol. The molecule has 64 heavy (non-hydrogen) atoms. The largest absolute Gasteiger partial charge is 0.465 e. The van der Waals surface area contributed by atoms with Gasteiger partial charge in [-0.05, 0) is 119 Å². The molecule has 0 amide bonds. The van der Waals surface area contributed by atoms with E-state index in [1.165, 1.54) is 28.4 Å². The zero-order chi connectivity index (χ0) is 44.5. The maximum Gasteiger partial charge on any atom is 0.337 e. The van der Waals surface area contributed by atoms with Crippen LogP contribution in [0.25, 0.3) is 91.0 Å². The van der Waals surface area contributed by atoms with Crippen molar-refractivity contribution in [1.29, 1.82) is 0 Å². The molecule has 0 spiro atoms. The van der Waals surface area contributed by atoms with Crippen LogP contribution >= 0.6 is 0 Å². The summed E-state index contributed by atoms with van der Waals surface area (Å²) in [7, 11) is 5.35. The van der Waals surface area contributed by atoms with Gasteiger partial charge in [-0.1, -0.05) is 48.5 Å². The van der Waals surface area contributed by atoms with E-state index in [9.17, 15) is 19.2 Å². The lowest BCUT2D eigenvalue weighted by atomic mass is 10.0. The van der Waals surface area contributed by atoms with Gasteiger partial charge in [0.25, 0.3) is 0 Å². The van der Waals surface area contributed by atoms with E-state index in [0.29, 0.717) is 67.3 Å². The number of benzene rings is 4. The van der Waals surface area contributed by atoms with E-state index >= 15 is 0 Å². The molecular weight excluding hydrogens is 811 g/mol. The number of esters is 4. The van der Waals surface area contributed by atoms with Gasteiger partial charge in [0, 0.05) is 22.2 Å². The van der Waals surface area contributed by atoms with Crippen LogP contribution in [0.4, 0.5) is 0 Å². The van der Waals surface area contributed by atoms with Crippen molar-refractivity contribution in [3.05, 3.63) is 166 Å². The summed E-state index contributed by atoms with van der Waals surface area (Å²) in [6.45, 7) is 0. The lowest BCUT2D eigenvalue weighted by Gasteiger charge is -2.08. The second kappa shape index (κ2) is 17.0. The number of carbonyl (C=O) groups excluding carboxylic acids is 4. The highest BCUT2D eigenvalue weighted by molar-refractivity contribution is 6.01. The number of furan rings is 1. The fourth-order valence-corrected chi connectivity index (χ4v) is 7.85. The third-order valence-corrected chi connectivity index (χ3v) is 11.0. The number of aromatic amines is 1. The van der Waals surface area contributed by atoms with Crippen molar-refractivity contribution in [1.82, 2.24) is 15.0 Å². The Kier molecular flexibility index (Phi) is 10.8. The topological polar surface area (TPSA) is 160 Å². The van der Waals surface area contributed by atoms with Crippen molar-refractivity contribution in [2.75, 3.05) is 28.4 Å². The lowest BCUT2D eigenvalue weighted by Crippen LogP contribution is -2.00. The summed E-state index contributed by atoms with van der Waals surface area (Å²) in [5, 5.41) is 0. The molecule has 1 N–H and O–H groups in total. The van der Waals surface area contributed by atoms with E-state index in [4.69, 9.17) is 33.3 Å². The smallest absolute Gasteiger partial charge is 0.337 e. The zero-order valence-corrected chi connectivity index (χ0v) is 34.9. The predicted octanol–water partition coefficient (Wildman–Crippen LogP) is 10.7. The van der Waals surface area contributed by atoms with Crippen molar-refractivity contribution in [2.24, 2.45) is 0 Å². The molecule has 0 saturated carbocycles. The standard InChI is InChI=1S/C52H37N3O9/c1-60-49(56)33-13-5-29(6-14-33)45-37-21-22-38(53-37)46(30-7-15-34(16-8-30)50(57)61-2)40-24-26-42(55-40)48(32-11-19-36(20-12-32)52(59)63-4)44-28-27-43(64-44)47(41-25-23-39(45)54-41)31-9-17-35(18-10-31)51(58)62-3/h5-28,53H,1-4H3. The molecule has 7 aromatic rings. The molecule has 4 aromatic carbocycles. The summed E-state index contributed by atoms with van der Waals surface area (Å²) in [6, 6.07) is 35.9.